The summed E-state index contributed by atoms with van der Waals surface area (Å²) in [5.41, 5.74) is 5.20. The predicted molar refractivity (Wildman–Crippen MR) is 131 cm³/mol. The van der Waals surface area contributed by atoms with Crippen LogP contribution in [0.2, 0.25) is 5.02 Å². The van der Waals surface area contributed by atoms with Crippen molar-refractivity contribution in [3.8, 4) is 28.7 Å². The van der Waals surface area contributed by atoms with Gasteiger partial charge in [-0.25, -0.2) is 0 Å². The third-order valence-electron chi connectivity index (χ3n) is 6.10. The molecule has 0 fully saturated rings. The van der Waals surface area contributed by atoms with Crippen molar-refractivity contribution in [1.29, 1.82) is 0 Å². The Bertz CT molecular complexity index is 1400. The zero-order chi connectivity index (χ0) is 24.0. The number of aromatic hydroxyl groups is 5. The van der Waals surface area contributed by atoms with Crippen LogP contribution in [-0.4, -0.2) is 25.5 Å². The van der Waals surface area contributed by atoms with E-state index >= 15 is 0 Å². The van der Waals surface area contributed by atoms with Crippen molar-refractivity contribution in [2.75, 3.05) is 0 Å². The first-order valence-corrected chi connectivity index (χ1v) is 11.0. The molecule has 4 aromatic rings. The zero-order valence-electron chi connectivity index (χ0n) is 17.9. The lowest BCUT2D eigenvalue weighted by Crippen LogP contribution is -2.02. The van der Waals surface area contributed by atoms with Crippen molar-refractivity contribution in [1.82, 2.24) is 0 Å². The van der Waals surface area contributed by atoms with E-state index in [4.69, 9.17) is 11.6 Å². The lowest BCUT2D eigenvalue weighted by atomic mass is 9.84. The summed E-state index contributed by atoms with van der Waals surface area (Å²) in [6.07, 6.45) is 0.452. The predicted octanol–water partition coefficient (Wildman–Crippen LogP) is 6.17. The van der Waals surface area contributed by atoms with Gasteiger partial charge in [-0.05, 0) is 82.3 Å². The minimum absolute atomic E-state index is 0.0685. The number of allylic oxidation sites excluding steroid dienone is 2. The second kappa shape index (κ2) is 8.36. The molecule has 170 valence electrons. The Balaban J connectivity index is 1.82. The molecule has 0 bridgehead atoms. The number of phenolic OH excluding ortho intramolecular Hbond substituents is 5. The molecule has 5 N–H and O–H groups in total. The van der Waals surface area contributed by atoms with Crippen LogP contribution in [0.1, 0.15) is 33.7 Å². The maximum atomic E-state index is 10.9. The summed E-state index contributed by atoms with van der Waals surface area (Å²) in [5.74, 6) is -0.699. The Morgan fingerprint density at radius 3 is 1.91 bits per heavy atom. The van der Waals surface area contributed by atoms with Gasteiger partial charge in [0.15, 0.2) is 0 Å². The largest absolute Gasteiger partial charge is 0.508 e. The number of rotatable bonds is 4. The molecule has 0 amide bonds. The molecule has 5 rings (SSSR count). The molecule has 1 aliphatic rings. The van der Waals surface area contributed by atoms with E-state index < -0.39 is 5.92 Å². The van der Waals surface area contributed by atoms with Gasteiger partial charge >= 0.3 is 0 Å². The van der Waals surface area contributed by atoms with Gasteiger partial charge < -0.3 is 25.5 Å². The fraction of sp³-hybridized carbons (Fsp3) is 0.0714. The SMILES string of the molecule is Oc1ccc(C2C(c3cc(O)cc(O)c3)=C(Cc3ccc(Cl)cc3)c3cc(O)cc(O)c32)cc1. The van der Waals surface area contributed by atoms with Gasteiger partial charge in [0.05, 0.1) is 0 Å². The normalized spacial score (nSPS) is 14.9. The molecular formula is C28H21ClO5. The van der Waals surface area contributed by atoms with Crippen LogP contribution in [-0.2, 0) is 6.42 Å². The highest BCUT2D eigenvalue weighted by Gasteiger charge is 2.36. The van der Waals surface area contributed by atoms with Crippen LogP contribution in [0, 0.1) is 0 Å². The van der Waals surface area contributed by atoms with Crippen LogP contribution in [0.4, 0.5) is 0 Å². The Morgan fingerprint density at radius 2 is 1.26 bits per heavy atom. The van der Waals surface area contributed by atoms with Gasteiger partial charge in [0.25, 0.3) is 0 Å². The van der Waals surface area contributed by atoms with Gasteiger partial charge in [-0.1, -0.05) is 35.9 Å². The molecule has 1 atom stereocenters. The molecule has 4 aromatic carbocycles. The fourth-order valence-corrected chi connectivity index (χ4v) is 4.85. The lowest BCUT2D eigenvalue weighted by Gasteiger charge is -2.20. The van der Waals surface area contributed by atoms with E-state index in [2.05, 4.69) is 0 Å². The Kier molecular flexibility index (Phi) is 5.34. The first kappa shape index (κ1) is 21.7. The zero-order valence-corrected chi connectivity index (χ0v) is 18.7. The molecule has 0 saturated heterocycles. The first-order chi connectivity index (χ1) is 16.3. The molecule has 1 aliphatic carbocycles. The van der Waals surface area contributed by atoms with E-state index in [1.165, 1.54) is 12.1 Å². The summed E-state index contributed by atoms with van der Waals surface area (Å²) in [7, 11) is 0. The highest BCUT2D eigenvalue weighted by molar-refractivity contribution is 6.30. The number of fused-ring (bicyclic) bond motifs is 1. The van der Waals surface area contributed by atoms with Gasteiger partial charge in [0, 0.05) is 28.6 Å². The third kappa shape index (κ3) is 3.91. The Hall–Kier alpha value is -4.09. The van der Waals surface area contributed by atoms with Gasteiger partial charge in [0.1, 0.15) is 28.7 Å². The van der Waals surface area contributed by atoms with Crippen molar-refractivity contribution in [3.05, 3.63) is 112 Å². The molecule has 0 aliphatic heterocycles. The molecule has 5 nitrogen and oxygen atoms in total. The molecule has 0 radical (unpaired) electrons. The van der Waals surface area contributed by atoms with Crippen molar-refractivity contribution in [2.45, 2.75) is 12.3 Å². The number of halogens is 1. The van der Waals surface area contributed by atoms with E-state index in [0.717, 1.165) is 22.3 Å². The van der Waals surface area contributed by atoms with Crippen molar-refractivity contribution < 1.29 is 25.5 Å². The van der Waals surface area contributed by atoms with Crippen molar-refractivity contribution >= 4 is 22.7 Å². The van der Waals surface area contributed by atoms with E-state index in [1.807, 2.05) is 12.1 Å². The second-order valence-corrected chi connectivity index (χ2v) is 8.82. The molecule has 0 spiro atoms. The summed E-state index contributed by atoms with van der Waals surface area (Å²) < 4.78 is 0. The third-order valence-corrected chi connectivity index (χ3v) is 6.36. The maximum absolute atomic E-state index is 10.9. The molecule has 6 heteroatoms. The van der Waals surface area contributed by atoms with Gasteiger partial charge in [-0.15, -0.1) is 0 Å². The quantitative estimate of drug-likeness (QED) is 0.244. The summed E-state index contributed by atoms with van der Waals surface area (Å²) >= 11 is 6.07. The number of benzene rings is 4. The van der Waals surface area contributed by atoms with Crippen LogP contribution in [0.25, 0.3) is 11.1 Å². The molecule has 34 heavy (non-hydrogen) atoms. The highest BCUT2D eigenvalue weighted by atomic mass is 35.5. The van der Waals surface area contributed by atoms with E-state index in [9.17, 15) is 25.5 Å². The highest BCUT2D eigenvalue weighted by Crippen LogP contribution is 2.55. The Morgan fingerprint density at radius 1 is 0.647 bits per heavy atom. The van der Waals surface area contributed by atoms with Gasteiger partial charge in [-0.2, -0.15) is 0 Å². The molecule has 1 unspecified atom stereocenters. The summed E-state index contributed by atoms with van der Waals surface area (Å²) in [6.45, 7) is 0. The standard InChI is InChI=1S/C28H21ClO5/c29-18-5-1-15(2-6-18)9-23-24-13-22(33)14-25(34)28(24)27(16-3-7-19(30)8-4-16)26(23)17-10-20(31)12-21(32)11-17/h1-8,10-14,27,30-34H,9H2. The van der Waals surface area contributed by atoms with E-state index in [0.29, 0.717) is 28.1 Å². The van der Waals surface area contributed by atoms with Crippen LogP contribution in [0.15, 0.2) is 78.9 Å². The summed E-state index contributed by atoms with van der Waals surface area (Å²) in [5, 5.41) is 52.2. The lowest BCUT2D eigenvalue weighted by molar-refractivity contribution is 0.446. The van der Waals surface area contributed by atoms with Crippen LogP contribution >= 0.6 is 11.6 Å². The van der Waals surface area contributed by atoms with Gasteiger partial charge in [0.2, 0.25) is 0 Å². The molecule has 0 heterocycles. The summed E-state index contributed by atoms with van der Waals surface area (Å²) in [6, 6.07) is 21.4. The topological polar surface area (TPSA) is 101 Å². The number of hydrogen-bond acceptors (Lipinski definition) is 5. The van der Waals surface area contributed by atoms with Gasteiger partial charge in [-0.3, -0.25) is 0 Å². The molecule has 0 aromatic heterocycles. The average molecular weight is 473 g/mol. The second-order valence-electron chi connectivity index (χ2n) is 8.38. The minimum atomic E-state index is -0.472. The first-order valence-electron chi connectivity index (χ1n) is 10.7. The minimum Gasteiger partial charge on any atom is -0.508 e. The van der Waals surface area contributed by atoms with E-state index in [1.54, 1.807) is 54.6 Å². The number of phenols is 5. The molecular weight excluding hydrogens is 452 g/mol. The summed E-state index contributed by atoms with van der Waals surface area (Å²) in [4.78, 5) is 0. The fourth-order valence-electron chi connectivity index (χ4n) is 4.73. The number of hydrogen-bond donors (Lipinski definition) is 5. The van der Waals surface area contributed by atoms with Crippen LogP contribution in [0.3, 0.4) is 0 Å². The Labute approximate surface area is 201 Å². The van der Waals surface area contributed by atoms with Crippen LogP contribution in [0.5, 0.6) is 28.7 Å². The monoisotopic (exact) mass is 472 g/mol. The van der Waals surface area contributed by atoms with Crippen molar-refractivity contribution in [3.63, 3.8) is 0 Å². The van der Waals surface area contributed by atoms with Crippen molar-refractivity contribution in [2.24, 2.45) is 0 Å². The van der Waals surface area contributed by atoms with Crippen LogP contribution < -0.4 is 0 Å². The maximum Gasteiger partial charge on any atom is 0.124 e. The average Bonchev–Trinajstić information content (AvgIpc) is 3.09. The molecule has 0 saturated carbocycles. The van der Waals surface area contributed by atoms with E-state index in [-0.39, 0.29) is 28.7 Å². The smallest absolute Gasteiger partial charge is 0.124 e.